The van der Waals surface area contributed by atoms with Crippen LogP contribution in [0.15, 0.2) is 73.3 Å². The lowest BCUT2D eigenvalue weighted by Crippen LogP contribution is -2.27. The first-order valence-corrected chi connectivity index (χ1v) is 11.9. The molecule has 1 aromatic heterocycles. The summed E-state index contributed by atoms with van der Waals surface area (Å²) in [5, 5.41) is 0. The second-order valence-corrected chi connectivity index (χ2v) is 10.1. The van der Waals surface area contributed by atoms with Crippen molar-refractivity contribution in [2.24, 2.45) is 0 Å². The van der Waals surface area contributed by atoms with Crippen LogP contribution in [0.4, 0.5) is 0 Å². The van der Waals surface area contributed by atoms with Gasteiger partial charge in [0.15, 0.2) is 0 Å². The van der Waals surface area contributed by atoms with Crippen LogP contribution in [0.2, 0.25) is 0 Å². The van der Waals surface area contributed by atoms with Crippen molar-refractivity contribution in [1.82, 2.24) is 9.55 Å². The molecule has 3 unspecified atom stereocenters. The van der Waals surface area contributed by atoms with Gasteiger partial charge in [-0.2, -0.15) is 0 Å². The molecule has 2 aromatic carbocycles. The second kappa shape index (κ2) is 9.85. The van der Waals surface area contributed by atoms with Gasteiger partial charge in [-0.25, -0.2) is 4.98 Å². The van der Waals surface area contributed by atoms with Crippen LogP contribution in [0.25, 0.3) is 0 Å². The molecular weight excluding hydrogens is 376 g/mol. The molecule has 2 nitrogen and oxygen atoms in total. The van der Waals surface area contributed by atoms with Crippen molar-refractivity contribution >= 4 is 0 Å². The molecule has 1 heterocycles. The van der Waals surface area contributed by atoms with E-state index in [4.69, 9.17) is 0 Å². The van der Waals surface area contributed by atoms with Gasteiger partial charge < -0.3 is 4.57 Å². The van der Waals surface area contributed by atoms with Gasteiger partial charge in [-0.1, -0.05) is 96.1 Å². The maximum absolute atomic E-state index is 4.36. The molecule has 3 rings (SSSR count). The molecule has 0 N–H and O–H groups in total. The smallest absolute Gasteiger partial charge is 0.0948 e. The van der Waals surface area contributed by atoms with Crippen LogP contribution in [-0.4, -0.2) is 9.55 Å². The van der Waals surface area contributed by atoms with E-state index in [1.165, 1.54) is 16.7 Å². The average molecular weight is 417 g/mol. The number of rotatable bonds is 10. The monoisotopic (exact) mass is 416 g/mol. The molecule has 0 bridgehead atoms. The number of aromatic nitrogens is 2. The highest BCUT2D eigenvalue weighted by atomic mass is 15.0. The van der Waals surface area contributed by atoms with E-state index in [0.717, 1.165) is 25.7 Å². The maximum Gasteiger partial charge on any atom is 0.0948 e. The standard InChI is InChI=1S/C29H40N2/c1-7-28(4,5)25-14-16-26(17-15-25)29(6,8-2)21-27(31-19-18-30-22-31)20-23(3)24-12-10-9-11-13-24/h9-19,22-23,27H,7-8,20-21H2,1-6H3. The van der Waals surface area contributed by atoms with Gasteiger partial charge in [0, 0.05) is 18.4 Å². The summed E-state index contributed by atoms with van der Waals surface area (Å²) in [5.41, 5.74) is 4.65. The number of hydrogen-bond donors (Lipinski definition) is 0. The Bertz CT molecular complexity index is 909. The number of imidazole rings is 1. The van der Waals surface area contributed by atoms with Crippen LogP contribution in [0.5, 0.6) is 0 Å². The summed E-state index contributed by atoms with van der Waals surface area (Å²) < 4.78 is 2.32. The molecular formula is C29H40N2. The van der Waals surface area contributed by atoms with Gasteiger partial charge >= 0.3 is 0 Å². The van der Waals surface area contributed by atoms with Gasteiger partial charge in [0.25, 0.3) is 0 Å². The van der Waals surface area contributed by atoms with Crippen molar-refractivity contribution < 1.29 is 0 Å². The van der Waals surface area contributed by atoms with Crippen LogP contribution >= 0.6 is 0 Å². The van der Waals surface area contributed by atoms with E-state index in [1.54, 1.807) is 0 Å². The summed E-state index contributed by atoms with van der Waals surface area (Å²) in [7, 11) is 0. The highest BCUT2D eigenvalue weighted by Crippen LogP contribution is 2.40. The molecule has 0 spiro atoms. The van der Waals surface area contributed by atoms with Gasteiger partial charge in [-0.05, 0) is 59.1 Å². The SMILES string of the molecule is CCC(C)(C)c1ccc(C(C)(CC)CC(CC(C)c2ccccc2)n2ccnc2)cc1. The van der Waals surface area contributed by atoms with Crippen LogP contribution in [-0.2, 0) is 10.8 Å². The number of nitrogens with zero attached hydrogens (tertiary/aromatic N) is 2. The van der Waals surface area contributed by atoms with E-state index < -0.39 is 0 Å². The summed E-state index contributed by atoms with van der Waals surface area (Å²) in [5.74, 6) is 0.502. The van der Waals surface area contributed by atoms with Gasteiger partial charge in [0.2, 0.25) is 0 Å². The molecule has 166 valence electrons. The third kappa shape index (κ3) is 5.47. The molecule has 0 aliphatic heterocycles. The lowest BCUT2D eigenvalue weighted by Gasteiger charge is -2.35. The third-order valence-electron chi connectivity index (χ3n) is 7.65. The Hall–Kier alpha value is -2.35. The predicted molar refractivity (Wildman–Crippen MR) is 133 cm³/mol. The molecule has 0 aliphatic rings. The summed E-state index contributed by atoms with van der Waals surface area (Å²) in [6.07, 6.45) is 10.5. The van der Waals surface area contributed by atoms with Crippen LogP contribution in [0.1, 0.15) is 95.9 Å². The van der Waals surface area contributed by atoms with E-state index in [9.17, 15) is 0 Å². The van der Waals surface area contributed by atoms with Gasteiger partial charge in [0.05, 0.1) is 6.33 Å². The fraction of sp³-hybridized carbons (Fsp3) is 0.483. The minimum atomic E-state index is 0.125. The summed E-state index contributed by atoms with van der Waals surface area (Å²) >= 11 is 0. The fourth-order valence-corrected chi connectivity index (χ4v) is 4.64. The molecule has 0 saturated carbocycles. The zero-order valence-electron chi connectivity index (χ0n) is 20.3. The molecule has 2 heteroatoms. The lowest BCUT2D eigenvalue weighted by atomic mass is 9.72. The zero-order chi connectivity index (χ0) is 22.5. The summed E-state index contributed by atoms with van der Waals surface area (Å²) in [4.78, 5) is 4.36. The van der Waals surface area contributed by atoms with Crippen molar-refractivity contribution in [3.05, 3.63) is 90.0 Å². The first kappa shape index (κ1) is 23.3. The third-order valence-corrected chi connectivity index (χ3v) is 7.65. The Labute approximate surface area is 189 Å². The van der Waals surface area contributed by atoms with Crippen LogP contribution < -0.4 is 0 Å². The summed E-state index contributed by atoms with van der Waals surface area (Å²) in [6, 6.07) is 20.8. The fourth-order valence-electron chi connectivity index (χ4n) is 4.64. The Morgan fingerprint density at radius 1 is 0.871 bits per heavy atom. The van der Waals surface area contributed by atoms with Crippen LogP contribution in [0, 0.1) is 0 Å². The normalized spacial score (nSPS) is 15.9. The van der Waals surface area contributed by atoms with Gasteiger partial charge in [-0.3, -0.25) is 0 Å². The highest BCUT2D eigenvalue weighted by molar-refractivity contribution is 5.32. The molecule has 0 radical (unpaired) electrons. The first-order chi connectivity index (χ1) is 14.8. The summed E-state index contributed by atoms with van der Waals surface area (Å²) in [6.45, 7) is 14.1. The van der Waals surface area contributed by atoms with E-state index in [2.05, 4.69) is 112 Å². The Balaban J connectivity index is 1.86. The zero-order valence-corrected chi connectivity index (χ0v) is 20.3. The van der Waals surface area contributed by atoms with Crippen molar-refractivity contribution in [3.63, 3.8) is 0 Å². The van der Waals surface area contributed by atoms with Crippen molar-refractivity contribution in [2.45, 2.75) is 90.0 Å². The molecule has 0 fully saturated rings. The van der Waals surface area contributed by atoms with Crippen LogP contribution in [0.3, 0.4) is 0 Å². The molecule has 0 aliphatic carbocycles. The molecule has 31 heavy (non-hydrogen) atoms. The Kier molecular flexibility index (Phi) is 7.41. The van der Waals surface area contributed by atoms with E-state index in [-0.39, 0.29) is 10.8 Å². The Morgan fingerprint density at radius 3 is 2.06 bits per heavy atom. The molecule has 0 saturated heterocycles. The topological polar surface area (TPSA) is 17.8 Å². The first-order valence-electron chi connectivity index (χ1n) is 11.9. The predicted octanol–water partition coefficient (Wildman–Crippen LogP) is 8.06. The van der Waals surface area contributed by atoms with Gasteiger partial charge in [-0.15, -0.1) is 0 Å². The molecule has 3 atom stereocenters. The molecule has 0 amide bonds. The van der Waals surface area contributed by atoms with E-state index >= 15 is 0 Å². The second-order valence-electron chi connectivity index (χ2n) is 10.1. The van der Waals surface area contributed by atoms with Crippen molar-refractivity contribution in [1.29, 1.82) is 0 Å². The Morgan fingerprint density at radius 2 is 1.52 bits per heavy atom. The van der Waals surface area contributed by atoms with Crippen molar-refractivity contribution in [2.75, 3.05) is 0 Å². The van der Waals surface area contributed by atoms with E-state index in [1.807, 2.05) is 12.5 Å². The largest absolute Gasteiger partial charge is 0.334 e. The highest BCUT2D eigenvalue weighted by Gasteiger charge is 2.31. The maximum atomic E-state index is 4.36. The van der Waals surface area contributed by atoms with E-state index in [0.29, 0.717) is 12.0 Å². The lowest BCUT2D eigenvalue weighted by molar-refractivity contribution is 0.300. The minimum absolute atomic E-state index is 0.125. The quantitative estimate of drug-likeness (QED) is 0.327. The number of benzene rings is 2. The molecule has 3 aromatic rings. The minimum Gasteiger partial charge on any atom is -0.334 e. The van der Waals surface area contributed by atoms with Gasteiger partial charge in [0.1, 0.15) is 0 Å². The van der Waals surface area contributed by atoms with Crippen molar-refractivity contribution in [3.8, 4) is 0 Å². The number of hydrogen-bond acceptors (Lipinski definition) is 1. The average Bonchev–Trinajstić information content (AvgIpc) is 3.34.